The average Bonchev–Trinajstić information content (AvgIpc) is 2.90. The van der Waals surface area contributed by atoms with E-state index in [1.54, 1.807) is 18.3 Å². The lowest BCUT2D eigenvalue weighted by atomic mass is 10.1. The third kappa shape index (κ3) is 2.45. The molecule has 0 fully saturated rings. The molecule has 0 amide bonds. The minimum atomic E-state index is -0.945. The summed E-state index contributed by atoms with van der Waals surface area (Å²) < 4.78 is 0.846. The number of carboxylic acid groups (broad SMARTS) is 1. The van der Waals surface area contributed by atoms with Gasteiger partial charge in [0.15, 0.2) is 4.34 Å². The Morgan fingerprint density at radius 1 is 1.32 bits per heavy atom. The largest absolute Gasteiger partial charge is 0.478 e. The maximum atomic E-state index is 11.3. The molecule has 0 aliphatic rings. The average molecular weight is 288 g/mol. The van der Waals surface area contributed by atoms with Crippen LogP contribution in [0.2, 0.25) is 0 Å². The Kier molecular flexibility index (Phi) is 3.18. The summed E-state index contributed by atoms with van der Waals surface area (Å²) in [5.74, 6) is -0.945. The van der Waals surface area contributed by atoms with Crippen LogP contribution in [0.25, 0.3) is 10.9 Å². The molecule has 2 heterocycles. The quantitative estimate of drug-likeness (QED) is 0.798. The molecular weight excluding hydrogens is 280 g/mol. The van der Waals surface area contributed by atoms with Crippen molar-refractivity contribution in [1.29, 1.82) is 0 Å². The summed E-state index contributed by atoms with van der Waals surface area (Å²) in [6.07, 6.45) is 1.71. The zero-order chi connectivity index (χ0) is 13.2. The van der Waals surface area contributed by atoms with E-state index in [2.05, 4.69) is 9.97 Å². The molecule has 3 aromatic rings. The monoisotopic (exact) mass is 288 g/mol. The Bertz CT molecular complexity index is 741. The molecule has 94 valence electrons. The predicted octanol–water partition coefficient (Wildman–Crippen LogP) is 3.54. The Balaban J connectivity index is 2.13. The van der Waals surface area contributed by atoms with Crippen molar-refractivity contribution in [3.05, 3.63) is 47.5 Å². The fourth-order valence-electron chi connectivity index (χ4n) is 1.73. The van der Waals surface area contributed by atoms with E-state index in [9.17, 15) is 9.90 Å². The highest BCUT2D eigenvalue weighted by molar-refractivity contribution is 8.01. The molecule has 3 rings (SSSR count). The highest BCUT2D eigenvalue weighted by Crippen LogP contribution is 2.30. The number of hydrogen-bond acceptors (Lipinski definition) is 5. The van der Waals surface area contributed by atoms with Crippen molar-refractivity contribution in [3.63, 3.8) is 0 Å². The highest BCUT2D eigenvalue weighted by atomic mass is 32.2. The van der Waals surface area contributed by atoms with Crippen LogP contribution >= 0.6 is 23.1 Å². The van der Waals surface area contributed by atoms with Gasteiger partial charge in [-0.1, -0.05) is 18.2 Å². The number of benzene rings is 1. The van der Waals surface area contributed by atoms with Gasteiger partial charge >= 0.3 is 5.97 Å². The minimum absolute atomic E-state index is 0.268. The maximum Gasteiger partial charge on any atom is 0.336 e. The van der Waals surface area contributed by atoms with Gasteiger partial charge in [0.05, 0.1) is 11.1 Å². The number of nitrogens with zero attached hydrogens (tertiary/aromatic N) is 2. The fourth-order valence-corrected chi connectivity index (χ4v) is 3.32. The van der Waals surface area contributed by atoms with Gasteiger partial charge in [-0.25, -0.2) is 14.8 Å². The molecule has 0 radical (unpaired) electrons. The van der Waals surface area contributed by atoms with Crippen LogP contribution in [0, 0.1) is 0 Å². The van der Waals surface area contributed by atoms with Crippen molar-refractivity contribution < 1.29 is 9.90 Å². The van der Waals surface area contributed by atoms with Gasteiger partial charge in [-0.3, -0.25) is 0 Å². The van der Waals surface area contributed by atoms with Gasteiger partial charge < -0.3 is 5.11 Å². The van der Waals surface area contributed by atoms with Gasteiger partial charge in [-0.05, 0) is 23.9 Å². The summed E-state index contributed by atoms with van der Waals surface area (Å²) in [5.41, 5.74) is 0.950. The first-order valence-electron chi connectivity index (χ1n) is 5.44. The first-order chi connectivity index (χ1) is 9.24. The number of aromatic nitrogens is 2. The molecule has 2 aromatic heterocycles. The second-order valence-electron chi connectivity index (χ2n) is 3.73. The molecule has 0 saturated carbocycles. The molecule has 0 aliphatic carbocycles. The van der Waals surface area contributed by atoms with E-state index in [-0.39, 0.29) is 5.56 Å². The van der Waals surface area contributed by atoms with Gasteiger partial charge in [-0.2, -0.15) is 0 Å². The Morgan fingerprint density at radius 3 is 2.89 bits per heavy atom. The maximum absolute atomic E-state index is 11.3. The second kappa shape index (κ2) is 4.99. The van der Waals surface area contributed by atoms with E-state index in [1.807, 2.05) is 23.6 Å². The first-order valence-corrected chi connectivity index (χ1v) is 7.14. The summed E-state index contributed by atoms with van der Waals surface area (Å²) in [6.45, 7) is 0. The van der Waals surface area contributed by atoms with Crippen molar-refractivity contribution in [3.8, 4) is 0 Å². The number of carboxylic acids is 1. The lowest BCUT2D eigenvalue weighted by molar-refractivity contribution is 0.0698. The number of para-hydroxylation sites is 1. The zero-order valence-electron chi connectivity index (χ0n) is 9.61. The smallest absolute Gasteiger partial charge is 0.336 e. The van der Waals surface area contributed by atoms with Gasteiger partial charge in [0.1, 0.15) is 5.03 Å². The summed E-state index contributed by atoms with van der Waals surface area (Å²) >= 11 is 2.88. The summed E-state index contributed by atoms with van der Waals surface area (Å²) in [6, 6.07) is 8.83. The number of pyridine rings is 1. The molecule has 0 aliphatic heterocycles. The number of rotatable bonds is 3. The molecule has 19 heavy (non-hydrogen) atoms. The number of hydrogen-bond donors (Lipinski definition) is 1. The van der Waals surface area contributed by atoms with E-state index in [0.717, 1.165) is 4.34 Å². The third-order valence-corrected chi connectivity index (χ3v) is 4.33. The van der Waals surface area contributed by atoms with Crippen molar-refractivity contribution >= 4 is 40.0 Å². The molecule has 0 bridgehead atoms. The summed E-state index contributed by atoms with van der Waals surface area (Å²) in [7, 11) is 0. The van der Waals surface area contributed by atoms with Crippen LogP contribution in [0.1, 0.15) is 10.4 Å². The van der Waals surface area contributed by atoms with Crippen molar-refractivity contribution in [2.45, 2.75) is 9.37 Å². The number of aromatic carboxylic acids is 1. The third-order valence-electron chi connectivity index (χ3n) is 2.52. The minimum Gasteiger partial charge on any atom is -0.478 e. The molecule has 0 spiro atoms. The van der Waals surface area contributed by atoms with Crippen LogP contribution in [-0.4, -0.2) is 21.0 Å². The van der Waals surface area contributed by atoms with Gasteiger partial charge in [0.25, 0.3) is 0 Å². The Labute approximate surface area is 117 Å². The SMILES string of the molecule is O=C(O)c1cc(Sc2nccs2)nc2ccccc12. The topological polar surface area (TPSA) is 63.1 Å². The molecule has 1 N–H and O–H groups in total. The van der Waals surface area contributed by atoms with Crippen molar-refractivity contribution in [1.82, 2.24) is 9.97 Å². The molecule has 0 unspecified atom stereocenters. The van der Waals surface area contributed by atoms with Crippen molar-refractivity contribution in [2.75, 3.05) is 0 Å². The normalized spacial score (nSPS) is 10.7. The molecule has 4 nitrogen and oxygen atoms in total. The van der Waals surface area contributed by atoms with Crippen LogP contribution in [0.3, 0.4) is 0 Å². The Morgan fingerprint density at radius 2 is 2.16 bits per heavy atom. The van der Waals surface area contributed by atoms with Gasteiger partial charge in [-0.15, -0.1) is 11.3 Å². The lowest BCUT2D eigenvalue weighted by Gasteiger charge is -2.05. The van der Waals surface area contributed by atoms with Gasteiger partial charge in [0.2, 0.25) is 0 Å². The van der Waals surface area contributed by atoms with Crippen molar-refractivity contribution in [2.24, 2.45) is 0 Å². The molecule has 6 heteroatoms. The number of thiazole rings is 1. The number of fused-ring (bicyclic) bond motifs is 1. The van der Waals surface area contributed by atoms with E-state index < -0.39 is 5.97 Å². The van der Waals surface area contributed by atoms with Crippen LogP contribution in [0.15, 0.2) is 51.3 Å². The molecule has 0 saturated heterocycles. The first kappa shape index (κ1) is 12.1. The summed E-state index contributed by atoms with van der Waals surface area (Å²) in [4.78, 5) is 19.9. The van der Waals surface area contributed by atoms with Crippen LogP contribution in [0.5, 0.6) is 0 Å². The van der Waals surface area contributed by atoms with Crippen LogP contribution < -0.4 is 0 Å². The van der Waals surface area contributed by atoms with E-state index >= 15 is 0 Å². The predicted molar refractivity (Wildman–Crippen MR) is 74.9 cm³/mol. The van der Waals surface area contributed by atoms with E-state index in [0.29, 0.717) is 15.9 Å². The molecule has 1 aromatic carbocycles. The Hall–Kier alpha value is -1.92. The number of carbonyl (C=O) groups is 1. The second-order valence-corrected chi connectivity index (χ2v) is 5.89. The fraction of sp³-hybridized carbons (Fsp3) is 0. The van der Waals surface area contributed by atoms with Crippen LogP contribution in [-0.2, 0) is 0 Å². The van der Waals surface area contributed by atoms with E-state index in [1.165, 1.54) is 23.1 Å². The molecular formula is C13H8N2O2S2. The highest BCUT2D eigenvalue weighted by Gasteiger charge is 2.12. The molecule has 0 atom stereocenters. The zero-order valence-corrected chi connectivity index (χ0v) is 11.2. The van der Waals surface area contributed by atoms with Crippen LogP contribution in [0.4, 0.5) is 0 Å². The summed E-state index contributed by atoms with van der Waals surface area (Å²) in [5, 5.41) is 12.5. The van der Waals surface area contributed by atoms with E-state index in [4.69, 9.17) is 0 Å². The standard InChI is InChI=1S/C13H8N2O2S2/c16-12(17)9-7-11(19-13-14-5-6-18-13)15-10-4-2-1-3-8(9)10/h1-7H,(H,16,17). The van der Waals surface area contributed by atoms with Gasteiger partial charge in [0, 0.05) is 17.0 Å². The lowest BCUT2D eigenvalue weighted by Crippen LogP contribution is -1.99.